The van der Waals surface area contributed by atoms with E-state index in [-0.39, 0.29) is 11.7 Å². The fourth-order valence-corrected chi connectivity index (χ4v) is 3.74. The lowest BCUT2D eigenvalue weighted by molar-refractivity contribution is -0.140. The third kappa shape index (κ3) is 7.47. The lowest BCUT2D eigenvalue weighted by Gasteiger charge is -2.33. The van der Waals surface area contributed by atoms with Crippen LogP contribution in [-0.4, -0.2) is 46.6 Å². The van der Waals surface area contributed by atoms with Crippen LogP contribution in [0.2, 0.25) is 0 Å². The molecule has 0 bridgehead atoms. The van der Waals surface area contributed by atoms with Crippen LogP contribution >= 0.6 is 0 Å². The summed E-state index contributed by atoms with van der Waals surface area (Å²) >= 11 is 0. The van der Waals surface area contributed by atoms with Gasteiger partial charge in [0.2, 0.25) is 5.91 Å². The highest BCUT2D eigenvalue weighted by molar-refractivity contribution is 5.99. The second-order valence-corrected chi connectivity index (χ2v) is 10.1. The van der Waals surface area contributed by atoms with Crippen molar-refractivity contribution in [2.75, 3.05) is 12.4 Å². The molecule has 2 unspecified atom stereocenters. The fraction of sp³-hybridized carbons (Fsp3) is 0.444. The van der Waals surface area contributed by atoms with Crippen molar-refractivity contribution < 1.29 is 24.2 Å². The molecule has 0 spiro atoms. The monoisotopic (exact) mass is 483 g/mol. The van der Waals surface area contributed by atoms with Gasteiger partial charge in [0, 0.05) is 12.7 Å². The minimum Gasteiger partial charge on any atom is -0.508 e. The van der Waals surface area contributed by atoms with Crippen LogP contribution in [0.25, 0.3) is 0 Å². The molecule has 3 N–H and O–H groups in total. The van der Waals surface area contributed by atoms with Gasteiger partial charge >= 0.3 is 6.09 Å². The van der Waals surface area contributed by atoms with E-state index in [1.54, 1.807) is 46.8 Å². The molecule has 0 aliphatic heterocycles. The number of ether oxygens (including phenoxy) is 1. The van der Waals surface area contributed by atoms with E-state index in [0.29, 0.717) is 11.3 Å². The Balaban J connectivity index is 2.42. The second kappa shape index (κ2) is 11.3. The van der Waals surface area contributed by atoms with Gasteiger partial charge in [0.05, 0.1) is 0 Å². The number of amides is 3. The topological polar surface area (TPSA) is 108 Å². The minimum absolute atomic E-state index is 0.0273. The summed E-state index contributed by atoms with van der Waals surface area (Å²) in [5.74, 6) is -1.20. The Kier molecular flexibility index (Phi) is 8.90. The second-order valence-electron chi connectivity index (χ2n) is 10.1. The Bertz CT molecular complexity index is 1050. The molecule has 0 radical (unpaired) electrons. The summed E-state index contributed by atoms with van der Waals surface area (Å²) in [4.78, 5) is 40.9. The predicted octanol–water partition coefficient (Wildman–Crippen LogP) is 4.70. The number of para-hydroxylation sites is 1. The molecule has 0 saturated heterocycles. The van der Waals surface area contributed by atoms with Crippen LogP contribution in [0.3, 0.4) is 0 Å². The maximum atomic E-state index is 13.6. The van der Waals surface area contributed by atoms with E-state index in [2.05, 4.69) is 10.6 Å². The first-order valence-corrected chi connectivity index (χ1v) is 11.6. The Labute approximate surface area is 207 Å². The molecule has 2 aromatic rings. The Morgan fingerprint density at radius 3 is 2.09 bits per heavy atom. The molecular weight excluding hydrogens is 446 g/mol. The maximum absolute atomic E-state index is 13.6. The number of hydrogen-bond acceptors (Lipinski definition) is 5. The van der Waals surface area contributed by atoms with E-state index < -0.39 is 35.6 Å². The highest BCUT2D eigenvalue weighted by Crippen LogP contribution is 2.28. The Morgan fingerprint density at radius 2 is 1.57 bits per heavy atom. The molecule has 0 saturated carbocycles. The lowest BCUT2D eigenvalue weighted by atomic mass is 9.99. The lowest BCUT2D eigenvalue weighted by Crippen LogP contribution is -2.53. The van der Waals surface area contributed by atoms with E-state index in [0.717, 1.165) is 11.1 Å². The molecule has 0 aliphatic rings. The Morgan fingerprint density at radius 1 is 1.00 bits per heavy atom. The number of alkyl carbamates (subject to hydrolysis) is 1. The average Bonchev–Trinajstić information content (AvgIpc) is 2.73. The van der Waals surface area contributed by atoms with Crippen LogP contribution < -0.4 is 10.6 Å². The molecule has 0 aliphatic carbocycles. The maximum Gasteiger partial charge on any atom is 0.408 e. The average molecular weight is 484 g/mol. The molecule has 0 aromatic heterocycles. The van der Waals surface area contributed by atoms with Gasteiger partial charge < -0.3 is 25.4 Å². The molecule has 2 rings (SSSR count). The number of phenolic OH excluding ortho intramolecular Hbond substituents is 1. The van der Waals surface area contributed by atoms with Crippen LogP contribution in [-0.2, 0) is 14.3 Å². The molecule has 190 valence electrons. The SMILES string of the molecule is Cc1cccc(C)c1NC(=O)C(c1cccc(O)c1)N(C)C(=O)C(NC(=O)OC(C)(C)C)C(C)C. The number of rotatable bonds is 7. The molecule has 2 atom stereocenters. The summed E-state index contributed by atoms with van der Waals surface area (Å²) in [6, 6.07) is 9.92. The number of likely N-dealkylation sites (N-methyl/N-ethyl adjacent to an activating group) is 1. The molecule has 0 heterocycles. The van der Waals surface area contributed by atoms with E-state index in [9.17, 15) is 19.5 Å². The number of benzene rings is 2. The number of aromatic hydroxyl groups is 1. The first kappa shape index (κ1) is 27.7. The summed E-state index contributed by atoms with van der Waals surface area (Å²) in [5.41, 5.74) is 2.14. The third-order valence-corrected chi connectivity index (χ3v) is 5.50. The molecule has 0 fully saturated rings. The molecule has 35 heavy (non-hydrogen) atoms. The number of aryl methyl sites for hydroxylation is 2. The summed E-state index contributed by atoms with van der Waals surface area (Å²) < 4.78 is 5.33. The standard InChI is InChI=1S/C27H37N3O5/c1-16(2)21(29-26(34)35-27(5,6)7)25(33)30(8)23(19-13-10-14-20(31)15-19)24(32)28-22-17(3)11-9-12-18(22)4/h9-16,21,23,31H,1-8H3,(H,28,32)(H,29,34). The smallest absolute Gasteiger partial charge is 0.408 e. The van der Waals surface area contributed by atoms with Gasteiger partial charge in [-0.3, -0.25) is 9.59 Å². The minimum atomic E-state index is -1.06. The quantitative estimate of drug-likeness (QED) is 0.529. The fourth-order valence-electron chi connectivity index (χ4n) is 3.74. The van der Waals surface area contributed by atoms with Crippen molar-refractivity contribution in [3.8, 4) is 5.75 Å². The van der Waals surface area contributed by atoms with Crippen molar-refractivity contribution in [3.63, 3.8) is 0 Å². The number of carbonyl (C=O) groups excluding carboxylic acids is 3. The van der Waals surface area contributed by atoms with Crippen LogP contribution in [0.5, 0.6) is 5.75 Å². The third-order valence-electron chi connectivity index (χ3n) is 5.50. The zero-order valence-corrected chi connectivity index (χ0v) is 21.8. The van der Waals surface area contributed by atoms with Gasteiger partial charge in [-0.15, -0.1) is 0 Å². The van der Waals surface area contributed by atoms with Crippen LogP contribution in [0, 0.1) is 19.8 Å². The zero-order chi connectivity index (χ0) is 26.5. The van der Waals surface area contributed by atoms with Crippen LogP contribution in [0.4, 0.5) is 10.5 Å². The van der Waals surface area contributed by atoms with Gasteiger partial charge in [0.1, 0.15) is 23.4 Å². The first-order valence-electron chi connectivity index (χ1n) is 11.6. The van der Waals surface area contributed by atoms with Gasteiger partial charge in [0.15, 0.2) is 0 Å². The normalized spacial score (nSPS) is 13.1. The van der Waals surface area contributed by atoms with Gasteiger partial charge in [-0.25, -0.2) is 4.79 Å². The Hall–Kier alpha value is -3.55. The van der Waals surface area contributed by atoms with E-state index in [1.165, 1.54) is 24.1 Å². The predicted molar refractivity (Wildman–Crippen MR) is 136 cm³/mol. The van der Waals surface area contributed by atoms with Gasteiger partial charge in [0.25, 0.3) is 5.91 Å². The largest absolute Gasteiger partial charge is 0.508 e. The van der Waals surface area contributed by atoms with Crippen molar-refractivity contribution in [2.24, 2.45) is 5.92 Å². The van der Waals surface area contributed by atoms with Crippen molar-refractivity contribution in [1.29, 1.82) is 0 Å². The first-order chi connectivity index (χ1) is 16.2. The van der Waals surface area contributed by atoms with Crippen molar-refractivity contribution in [1.82, 2.24) is 10.2 Å². The van der Waals surface area contributed by atoms with Gasteiger partial charge in [-0.1, -0.05) is 44.2 Å². The number of phenols is 1. The van der Waals surface area contributed by atoms with Gasteiger partial charge in [-0.2, -0.15) is 0 Å². The van der Waals surface area contributed by atoms with Crippen LogP contribution in [0.1, 0.15) is 57.4 Å². The highest BCUT2D eigenvalue weighted by Gasteiger charge is 2.35. The number of nitrogens with zero attached hydrogens (tertiary/aromatic N) is 1. The van der Waals surface area contributed by atoms with E-state index in [1.807, 2.05) is 32.0 Å². The molecule has 2 aromatic carbocycles. The molecular formula is C27H37N3O5. The molecule has 3 amide bonds. The van der Waals surface area contributed by atoms with E-state index in [4.69, 9.17) is 4.74 Å². The number of hydrogen-bond donors (Lipinski definition) is 3. The zero-order valence-electron chi connectivity index (χ0n) is 21.8. The summed E-state index contributed by atoms with van der Waals surface area (Å²) in [7, 11) is 1.51. The summed E-state index contributed by atoms with van der Waals surface area (Å²) in [6.45, 7) is 12.6. The molecule has 8 nitrogen and oxygen atoms in total. The van der Waals surface area contributed by atoms with Crippen molar-refractivity contribution in [3.05, 3.63) is 59.2 Å². The highest BCUT2D eigenvalue weighted by atomic mass is 16.6. The van der Waals surface area contributed by atoms with Gasteiger partial charge in [-0.05, 0) is 69.4 Å². The molecule has 8 heteroatoms. The van der Waals surface area contributed by atoms with Crippen LogP contribution in [0.15, 0.2) is 42.5 Å². The van der Waals surface area contributed by atoms with Crippen molar-refractivity contribution in [2.45, 2.75) is 66.2 Å². The van der Waals surface area contributed by atoms with E-state index >= 15 is 0 Å². The number of carbonyl (C=O) groups is 3. The summed E-state index contributed by atoms with van der Waals surface area (Å²) in [5, 5.41) is 15.6. The van der Waals surface area contributed by atoms with Crippen molar-refractivity contribution >= 4 is 23.6 Å². The number of anilines is 1. The number of nitrogens with one attached hydrogen (secondary N) is 2. The summed E-state index contributed by atoms with van der Waals surface area (Å²) in [6.07, 6.45) is -0.716.